The van der Waals surface area contributed by atoms with Gasteiger partial charge in [-0.15, -0.1) is 0 Å². The van der Waals surface area contributed by atoms with Gasteiger partial charge in [0.2, 0.25) is 0 Å². The van der Waals surface area contributed by atoms with E-state index < -0.39 is 6.61 Å². The van der Waals surface area contributed by atoms with Crippen molar-refractivity contribution in [3.05, 3.63) is 29.8 Å². The lowest BCUT2D eigenvalue weighted by atomic mass is 10.1. The van der Waals surface area contributed by atoms with E-state index >= 15 is 0 Å². The zero-order chi connectivity index (χ0) is 11.3. The maximum Gasteiger partial charge on any atom is 0.188 e. The Morgan fingerprint density at radius 1 is 1.47 bits per heavy atom. The standard InChI is InChI=1S/C12H16O3/c1-9(2)8-15-11-5-3-4-10(6-11)12(14)7-13/h3-6,9,13H,7-8H2,1-2H3. The number of aliphatic hydroxyl groups is 1. The van der Waals surface area contributed by atoms with Gasteiger partial charge in [-0.2, -0.15) is 0 Å². The summed E-state index contributed by atoms with van der Waals surface area (Å²) in [6.45, 7) is 4.27. The zero-order valence-corrected chi connectivity index (χ0v) is 9.06. The van der Waals surface area contributed by atoms with Crippen LogP contribution in [0.25, 0.3) is 0 Å². The predicted molar refractivity (Wildman–Crippen MR) is 58.2 cm³/mol. The minimum Gasteiger partial charge on any atom is -0.493 e. The number of rotatable bonds is 5. The molecule has 0 aliphatic heterocycles. The number of ether oxygens (including phenoxy) is 1. The third kappa shape index (κ3) is 3.72. The molecule has 0 radical (unpaired) electrons. The van der Waals surface area contributed by atoms with Gasteiger partial charge in [0.1, 0.15) is 12.4 Å². The van der Waals surface area contributed by atoms with Crippen molar-refractivity contribution >= 4 is 5.78 Å². The molecule has 3 heteroatoms. The first kappa shape index (κ1) is 11.7. The Morgan fingerprint density at radius 3 is 2.80 bits per heavy atom. The Labute approximate surface area is 89.7 Å². The van der Waals surface area contributed by atoms with Crippen LogP contribution in [0.4, 0.5) is 0 Å². The fourth-order valence-corrected chi connectivity index (χ4v) is 1.11. The van der Waals surface area contributed by atoms with Gasteiger partial charge in [0.05, 0.1) is 6.61 Å². The molecule has 1 aromatic rings. The Morgan fingerprint density at radius 2 is 2.20 bits per heavy atom. The normalized spacial score (nSPS) is 10.4. The van der Waals surface area contributed by atoms with Gasteiger partial charge in [-0.3, -0.25) is 4.79 Å². The highest BCUT2D eigenvalue weighted by atomic mass is 16.5. The van der Waals surface area contributed by atoms with E-state index in [4.69, 9.17) is 9.84 Å². The molecular formula is C12H16O3. The molecular weight excluding hydrogens is 192 g/mol. The van der Waals surface area contributed by atoms with Gasteiger partial charge in [0.15, 0.2) is 5.78 Å². The third-order valence-electron chi connectivity index (χ3n) is 1.88. The number of hydrogen-bond donors (Lipinski definition) is 1. The summed E-state index contributed by atoms with van der Waals surface area (Å²) >= 11 is 0. The Balaban J connectivity index is 2.70. The van der Waals surface area contributed by atoms with Crippen LogP contribution in [-0.4, -0.2) is 24.1 Å². The first-order chi connectivity index (χ1) is 7.13. The summed E-state index contributed by atoms with van der Waals surface area (Å²) in [7, 11) is 0. The summed E-state index contributed by atoms with van der Waals surface area (Å²) in [6.07, 6.45) is 0. The van der Waals surface area contributed by atoms with Crippen molar-refractivity contribution < 1.29 is 14.6 Å². The molecule has 0 atom stereocenters. The van der Waals surface area contributed by atoms with Crippen molar-refractivity contribution in [2.45, 2.75) is 13.8 Å². The first-order valence-electron chi connectivity index (χ1n) is 5.00. The topological polar surface area (TPSA) is 46.5 Å². The summed E-state index contributed by atoms with van der Waals surface area (Å²) in [6, 6.07) is 6.87. The van der Waals surface area contributed by atoms with E-state index in [0.29, 0.717) is 23.8 Å². The van der Waals surface area contributed by atoms with E-state index in [1.807, 2.05) is 0 Å². The van der Waals surface area contributed by atoms with E-state index in [1.54, 1.807) is 24.3 Å². The van der Waals surface area contributed by atoms with Crippen LogP contribution < -0.4 is 4.74 Å². The van der Waals surface area contributed by atoms with E-state index in [-0.39, 0.29) is 5.78 Å². The average molecular weight is 208 g/mol. The summed E-state index contributed by atoms with van der Waals surface area (Å²) in [5, 5.41) is 8.71. The van der Waals surface area contributed by atoms with Crippen LogP contribution in [0.5, 0.6) is 5.75 Å². The van der Waals surface area contributed by atoms with Crippen LogP contribution >= 0.6 is 0 Å². The van der Waals surface area contributed by atoms with Crippen LogP contribution in [0.1, 0.15) is 24.2 Å². The molecule has 0 aliphatic carbocycles. The first-order valence-corrected chi connectivity index (χ1v) is 5.00. The molecule has 1 rings (SSSR count). The second-order valence-corrected chi connectivity index (χ2v) is 3.81. The lowest BCUT2D eigenvalue weighted by Gasteiger charge is -2.09. The lowest BCUT2D eigenvalue weighted by Crippen LogP contribution is -2.07. The molecule has 0 saturated heterocycles. The highest BCUT2D eigenvalue weighted by Gasteiger charge is 2.05. The number of carbonyl (C=O) groups is 1. The maximum atomic E-state index is 11.2. The Hall–Kier alpha value is -1.35. The summed E-state index contributed by atoms with van der Waals surface area (Å²) in [5.74, 6) is 0.829. The molecule has 0 aromatic heterocycles. The number of ketones is 1. The summed E-state index contributed by atoms with van der Waals surface area (Å²) in [5.41, 5.74) is 0.485. The largest absolute Gasteiger partial charge is 0.493 e. The molecule has 0 aliphatic rings. The monoisotopic (exact) mass is 208 g/mol. The van der Waals surface area contributed by atoms with Crippen LogP contribution in [0.15, 0.2) is 24.3 Å². The molecule has 0 unspecified atom stereocenters. The van der Waals surface area contributed by atoms with Gasteiger partial charge in [0, 0.05) is 5.56 Å². The van der Waals surface area contributed by atoms with Crippen molar-refractivity contribution in [3.8, 4) is 5.75 Å². The third-order valence-corrected chi connectivity index (χ3v) is 1.88. The summed E-state index contributed by atoms with van der Waals surface area (Å²) in [4.78, 5) is 11.2. The van der Waals surface area contributed by atoms with Crippen LogP contribution in [0.2, 0.25) is 0 Å². The van der Waals surface area contributed by atoms with Gasteiger partial charge >= 0.3 is 0 Å². The maximum absolute atomic E-state index is 11.2. The molecule has 0 bridgehead atoms. The smallest absolute Gasteiger partial charge is 0.188 e. The van der Waals surface area contributed by atoms with Crippen LogP contribution in [-0.2, 0) is 0 Å². The number of Topliss-reactive ketones (excluding diaryl/α,β-unsaturated/α-hetero) is 1. The fourth-order valence-electron chi connectivity index (χ4n) is 1.11. The zero-order valence-electron chi connectivity index (χ0n) is 9.06. The van der Waals surface area contributed by atoms with Crippen molar-refractivity contribution in [1.29, 1.82) is 0 Å². The minimum absolute atomic E-state index is 0.287. The van der Waals surface area contributed by atoms with E-state index in [9.17, 15) is 4.79 Å². The molecule has 0 fully saturated rings. The predicted octanol–water partition coefficient (Wildman–Crippen LogP) is 1.90. The van der Waals surface area contributed by atoms with Crippen molar-refractivity contribution in [2.75, 3.05) is 13.2 Å². The van der Waals surface area contributed by atoms with Crippen LogP contribution in [0.3, 0.4) is 0 Å². The second kappa shape index (κ2) is 5.51. The summed E-state index contributed by atoms with van der Waals surface area (Å²) < 4.78 is 5.47. The molecule has 0 saturated carbocycles. The molecule has 15 heavy (non-hydrogen) atoms. The highest BCUT2D eigenvalue weighted by molar-refractivity contribution is 5.97. The lowest BCUT2D eigenvalue weighted by molar-refractivity contribution is 0.0903. The number of aliphatic hydroxyl groups excluding tert-OH is 1. The molecule has 0 spiro atoms. The number of hydrogen-bond acceptors (Lipinski definition) is 3. The average Bonchev–Trinajstić information content (AvgIpc) is 2.25. The molecule has 1 aromatic carbocycles. The fraction of sp³-hybridized carbons (Fsp3) is 0.417. The van der Waals surface area contributed by atoms with Crippen molar-refractivity contribution in [3.63, 3.8) is 0 Å². The van der Waals surface area contributed by atoms with Gasteiger partial charge in [-0.1, -0.05) is 26.0 Å². The van der Waals surface area contributed by atoms with E-state index in [1.165, 1.54) is 0 Å². The number of carbonyl (C=O) groups excluding carboxylic acids is 1. The highest BCUT2D eigenvalue weighted by Crippen LogP contribution is 2.14. The SMILES string of the molecule is CC(C)COc1cccc(C(=O)CO)c1. The van der Waals surface area contributed by atoms with Gasteiger partial charge in [-0.05, 0) is 18.1 Å². The molecule has 0 amide bonds. The molecule has 82 valence electrons. The Bertz CT molecular complexity index is 331. The quantitative estimate of drug-likeness (QED) is 0.752. The van der Waals surface area contributed by atoms with Crippen molar-refractivity contribution in [1.82, 2.24) is 0 Å². The van der Waals surface area contributed by atoms with E-state index in [2.05, 4.69) is 13.8 Å². The van der Waals surface area contributed by atoms with Gasteiger partial charge in [0.25, 0.3) is 0 Å². The second-order valence-electron chi connectivity index (χ2n) is 3.81. The molecule has 1 N–H and O–H groups in total. The molecule has 0 heterocycles. The Kier molecular flexibility index (Phi) is 4.31. The van der Waals surface area contributed by atoms with Crippen LogP contribution in [0, 0.1) is 5.92 Å². The minimum atomic E-state index is -0.465. The number of benzene rings is 1. The van der Waals surface area contributed by atoms with E-state index in [0.717, 1.165) is 0 Å². The van der Waals surface area contributed by atoms with Gasteiger partial charge < -0.3 is 9.84 Å². The molecule has 3 nitrogen and oxygen atoms in total. The van der Waals surface area contributed by atoms with Crippen molar-refractivity contribution in [2.24, 2.45) is 5.92 Å². The van der Waals surface area contributed by atoms with Gasteiger partial charge in [-0.25, -0.2) is 0 Å².